The topological polar surface area (TPSA) is 109 Å². The van der Waals surface area contributed by atoms with Gasteiger partial charge in [0.25, 0.3) is 0 Å². The molecule has 2 amide bonds. The lowest BCUT2D eigenvalue weighted by Gasteiger charge is -2.36. The summed E-state index contributed by atoms with van der Waals surface area (Å²) in [6.07, 6.45) is -0.271. The number of carbonyl (C=O) groups excluding carboxylic acids is 3. The van der Waals surface area contributed by atoms with Gasteiger partial charge in [-0.2, -0.15) is 5.26 Å². The minimum Gasteiger partial charge on any atom is -0.467 e. The van der Waals surface area contributed by atoms with Crippen molar-refractivity contribution in [1.29, 1.82) is 5.26 Å². The predicted molar refractivity (Wildman–Crippen MR) is 119 cm³/mol. The average Bonchev–Trinajstić information content (AvgIpc) is 2.85. The Morgan fingerprint density at radius 1 is 1.12 bits per heavy atom. The third kappa shape index (κ3) is 5.89. The van der Waals surface area contributed by atoms with Crippen molar-refractivity contribution in [2.45, 2.75) is 45.0 Å². The summed E-state index contributed by atoms with van der Waals surface area (Å²) in [6.45, 7) is 1.97. The van der Waals surface area contributed by atoms with Crippen molar-refractivity contribution in [2.75, 3.05) is 7.11 Å². The van der Waals surface area contributed by atoms with Crippen molar-refractivity contribution in [3.05, 3.63) is 71.3 Å². The van der Waals surface area contributed by atoms with E-state index in [2.05, 4.69) is 5.32 Å². The number of esters is 1. The molecule has 33 heavy (non-hydrogen) atoms. The molecule has 0 aliphatic carbocycles. The molecular formula is C25H27N3O5. The van der Waals surface area contributed by atoms with Crippen LogP contribution in [0.4, 0.5) is 4.79 Å². The Balaban J connectivity index is 1.80. The normalized spacial score (nSPS) is 16.5. The van der Waals surface area contributed by atoms with Crippen LogP contribution in [0.15, 0.2) is 54.6 Å². The first-order valence-corrected chi connectivity index (χ1v) is 10.7. The number of carbonyl (C=O) groups is 3. The van der Waals surface area contributed by atoms with Gasteiger partial charge in [-0.3, -0.25) is 9.69 Å². The SMILES string of the molecule is COC(=O)[C@H](NC(=O)[C@@H]1Cc2ccccc2CN1C(=O)OCc1ccccc1)[C@H](C)CC#N. The molecule has 0 radical (unpaired) electrons. The molecule has 1 heterocycles. The van der Waals surface area contributed by atoms with Crippen LogP contribution < -0.4 is 5.32 Å². The number of nitriles is 1. The Kier molecular flexibility index (Phi) is 8.03. The first-order valence-electron chi connectivity index (χ1n) is 10.7. The van der Waals surface area contributed by atoms with Crippen molar-refractivity contribution in [3.8, 4) is 6.07 Å². The van der Waals surface area contributed by atoms with Crippen molar-refractivity contribution < 1.29 is 23.9 Å². The van der Waals surface area contributed by atoms with Gasteiger partial charge in [0.2, 0.25) is 5.91 Å². The number of amides is 2. The molecule has 2 aromatic carbocycles. The maximum atomic E-state index is 13.3. The van der Waals surface area contributed by atoms with E-state index >= 15 is 0 Å². The standard InChI is InChI=1S/C25H27N3O5/c1-17(12-13-26)22(24(30)32-2)27-23(29)21-14-19-10-6-7-11-20(19)15-28(21)25(31)33-16-18-8-4-3-5-9-18/h3-11,17,21-22H,12,14-16H2,1-2H3,(H,27,29)/t17-,21+,22-/m1/s1. The first kappa shape index (κ1) is 23.8. The number of ether oxygens (including phenoxy) is 2. The molecule has 2 aromatic rings. The summed E-state index contributed by atoms with van der Waals surface area (Å²) in [4.78, 5) is 39.9. The zero-order valence-corrected chi connectivity index (χ0v) is 18.7. The molecule has 8 nitrogen and oxygen atoms in total. The summed E-state index contributed by atoms with van der Waals surface area (Å²) in [7, 11) is 1.23. The van der Waals surface area contributed by atoms with E-state index in [-0.39, 0.29) is 26.0 Å². The van der Waals surface area contributed by atoms with Gasteiger partial charge in [0.1, 0.15) is 18.7 Å². The van der Waals surface area contributed by atoms with Gasteiger partial charge in [-0.15, -0.1) is 0 Å². The smallest absolute Gasteiger partial charge is 0.411 e. The van der Waals surface area contributed by atoms with Gasteiger partial charge in [-0.1, -0.05) is 61.5 Å². The molecular weight excluding hydrogens is 422 g/mol. The third-order valence-electron chi connectivity index (χ3n) is 5.73. The van der Waals surface area contributed by atoms with E-state index in [1.165, 1.54) is 12.0 Å². The lowest BCUT2D eigenvalue weighted by Crippen LogP contribution is -2.56. The van der Waals surface area contributed by atoms with Crippen LogP contribution in [0.5, 0.6) is 0 Å². The second kappa shape index (κ2) is 11.1. The number of benzene rings is 2. The summed E-state index contributed by atoms with van der Waals surface area (Å²) in [6, 6.07) is 17.0. The van der Waals surface area contributed by atoms with Crippen LogP contribution in [0.2, 0.25) is 0 Å². The summed E-state index contributed by atoms with van der Waals surface area (Å²) >= 11 is 0. The lowest BCUT2D eigenvalue weighted by atomic mass is 9.92. The van der Waals surface area contributed by atoms with Crippen LogP contribution >= 0.6 is 0 Å². The Morgan fingerprint density at radius 2 is 1.79 bits per heavy atom. The second-order valence-corrected chi connectivity index (χ2v) is 8.01. The highest BCUT2D eigenvalue weighted by Gasteiger charge is 2.38. The third-order valence-corrected chi connectivity index (χ3v) is 5.73. The molecule has 0 aromatic heterocycles. The molecule has 3 rings (SSSR count). The molecule has 0 fully saturated rings. The van der Waals surface area contributed by atoms with Crippen molar-refractivity contribution in [3.63, 3.8) is 0 Å². The van der Waals surface area contributed by atoms with E-state index in [0.29, 0.717) is 0 Å². The summed E-state index contributed by atoms with van der Waals surface area (Å²) in [5.41, 5.74) is 2.71. The first-order chi connectivity index (χ1) is 15.9. The molecule has 8 heteroatoms. The zero-order chi connectivity index (χ0) is 23.8. The van der Waals surface area contributed by atoms with Crippen LogP contribution in [0.25, 0.3) is 0 Å². The van der Waals surface area contributed by atoms with Gasteiger partial charge >= 0.3 is 12.1 Å². The highest BCUT2D eigenvalue weighted by atomic mass is 16.6. The number of hydrogen-bond donors (Lipinski definition) is 1. The molecule has 1 aliphatic heterocycles. The van der Waals surface area contributed by atoms with Crippen molar-refractivity contribution in [1.82, 2.24) is 10.2 Å². The van der Waals surface area contributed by atoms with E-state index in [1.54, 1.807) is 6.92 Å². The van der Waals surface area contributed by atoms with E-state index in [1.807, 2.05) is 60.7 Å². The quantitative estimate of drug-likeness (QED) is 0.651. The second-order valence-electron chi connectivity index (χ2n) is 8.01. The molecule has 1 aliphatic rings. The van der Waals surface area contributed by atoms with Crippen LogP contribution in [-0.2, 0) is 38.6 Å². The van der Waals surface area contributed by atoms with E-state index < -0.39 is 36.0 Å². The number of methoxy groups -OCH3 is 1. The summed E-state index contributed by atoms with van der Waals surface area (Å²) in [5, 5.41) is 11.7. The molecule has 0 saturated carbocycles. The highest BCUT2D eigenvalue weighted by Crippen LogP contribution is 2.25. The van der Waals surface area contributed by atoms with Gasteiger partial charge in [-0.05, 0) is 16.7 Å². The number of fused-ring (bicyclic) bond motifs is 1. The van der Waals surface area contributed by atoms with Crippen LogP contribution in [-0.4, -0.2) is 42.1 Å². The lowest BCUT2D eigenvalue weighted by molar-refractivity contribution is -0.147. The molecule has 0 bridgehead atoms. The zero-order valence-electron chi connectivity index (χ0n) is 18.7. The van der Waals surface area contributed by atoms with E-state index in [4.69, 9.17) is 14.7 Å². The van der Waals surface area contributed by atoms with Crippen LogP contribution in [0.1, 0.15) is 30.0 Å². The maximum absolute atomic E-state index is 13.3. The number of rotatable bonds is 7. The molecule has 172 valence electrons. The van der Waals surface area contributed by atoms with E-state index in [0.717, 1.165) is 16.7 Å². The number of nitrogens with zero attached hydrogens (tertiary/aromatic N) is 2. The number of nitrogens with one attached hydrogen (secondary N) is 1. The van der Waals surface area contributed by atoms with Gasteiger partial charge in [0.15, 0.2) is 0 Å². The molecule has 0 spiro atoms. The highest BCUT2D eigenvalue weighted by molar-refractivity contribution is 5.90. The van der Waals surface area contributed by atoms with Crippen LogP contribution in [0, 0.1) is 17.2 Å². The van der Waals surface area contributed by atoms with Crippen molar-refractivity contribution in [2.24, 2.45) is 5.92 Å². The Bertz CT molecular complexity index is 1030. The minimum absolute atomic E-state index is 0.0659. The molecule has 3 atom stereocenters. The fraction of sp³-hybridized carbons (Fsp3) is 0.360. The predicted octanol–water partition coefficient (Wildman–Crippen LogP) is 2.96. The molecule has 0 unspecified atom stereocenters. The van der Waals surface area contributed by atoms with E-state index in [9.17, 15) is 14.4 Å². The van der Waals surface area contributed by atoms with Gasteiger partial charge < -0.3 is 14.8 Å². The monoisotopic (exact) mass is 449 g/mol. The van der Waals surface area contributed by atoms with Crippen LogP contribution in [0.3, 0.4) is 0 Å². The maximum Gasteiger partial charge on any atom is 0.411 e. The fourth-order valence-corrected chi connectivity index (χ4v) is 3.82. The van der Waals surface area contributed by atoms with Gasteiger partial charge in [0.05, 0.1) is 19.7 Å². The summed E-state index contributed by atoms with van der Waals surface area (Å²) in [5.74, 6) is -1.59. The Hall–Kier alpha value is -3.86. The average molecular weight is 450 g/mol. The minimum atomic E-state index is -0.999. The number of hydrogen-bond acceptors (Lipinski definition) is 6. The summed E-state index contributed by atoms with van der Waals surface area (Å²) < 4.78 is 10.3. The Labute approximate surface area is 193 Å². The molecule has 0 saturated heterocycles. The largest absolute Gasteiger partial charge is 0.467 e. The Morgan fingerprint density at radius 3 is 2.45 bits per heavy atom. The van der Waals surface area contributed by atoms with Crippen molar-refractivity contribution >= 4 is 18.0 Å². The van der Waals surface area contributed by atoms with Gasteiger partial charge in [-0.25, -0.2) is 9.59 Å². The van der Waals surface area contributed by atoms with Gasteiger partial charge in [0, 0.05) is 18.8 Å². The molecule has 1 N–H and O–H groups in total. The fourth-order valence-electron chi connectivity index (χ4n) is 3.82.